The number of hydrogen-bond acceptors (Lipinski definition) is 4. The van der Waals surface area contributed by atoms with Crippen molar-refractivity contribution in [2.45, 2.75) is 45.6 Å². The van der Waals surface area contributed by atoms with E-state index in [0.29, 0.717) is 47.2 Å². The van der Waals surface area contributed by atoms with E-state index < -0.39 is 10.0 Å². The standard InChI is InChI=1S/C19H28N4O3S2/c1-12-5-4-6-16(13(12)2)20-19(27)22-21-18(24)15-7-8-17-14(11-15)9-10-23(17)28(3,25)26/h7-8,11-13,16H,4-6,9-10H2,1-3H3,(H,21,24)(H2,20,22,27)/t12-,13+,16+/m0/s1. The number of carbonyl (C=O) groups excluding carboxylic acids is 1. The van der Waals surface area contributed by atoms with Crippen LogP contribution in [0.1, 0.15) is 49.0 Å². The van der Waals surface area contributed by atoms with Gasteiger partial charge in [0.2, 0.25) is 10.0 Å². The Hall–Kier alpha value is -1.87. The van der Waals surface area contributed by atoms with E-state index >= 15 is 0 Å². The molecule has 1 aliphatic carbocycles. The van der Waals surface area contributed by atoms with Gasteiger partial charge >= 0.3 is 0 Å². The number of rotatable bonds is 3. The molecular weight excluding hydrogens is 396 g/mol. The Morgan fingerprint density at radius 3 is 2.68 bits per heavy atom. The number of benzene rings is 1. The van der Waals surface area contributed by atoms with Crippen molar-refractivity contribution in [3.05, 3.63) is 29.3 Å². The smallest absolute Gasteiger partial charge is 0.269 e. The zero-order chi connectivity index (χ0) is 20.5. The maximum absolute atomic E-state index is 12.4. The number of sulfonamides is 1. The zero-order valence-corrected chi connectivity index (χ0v) is 18.1. The van der Waals surface area contributed by atoms with E-state index in [4.69, 9.17) is 12.2 Å². The SMILES string of the molecule is C[C@@H]1[C@@H](C)CCC[C@H]1NC(=S)NNC(=O)c1ccc2c(c1)CCN2S(C)(=O)=O. The normalized spacial score (nSPS) is 24.4. The van der Waals surface area contributed by atoms with Gasteiger partial charge in [0.15, 0.2) is 5.11 Å². The average molecular weight is 425 g/mol. The summed E-state index contributed by atoms with van der Waals surface area (Å²) in [5.41, 5.74) is 7.36. The van der Waals surface area contributed by atoms with Gasteiger partial charge in [-0.3, -0.25) is 20.0 Å². The third kappa shape index (κ3) is 4.57. The van der Waals surface area contributed by atoms with Gasteiger partial charge in [0, 0.05) is 18.2 Å². The quantitative estimate of drug-likeness (QED) is 0.508. The van der Waals surface area contributed by atoms with Gasteiger partial charge in [-0.2, -0.15) is 0 Å². The fourth-order valence-electron chi connectivity index (χ4n) is 4.03. The first kappa shape index (κ1) is 20.9. The van der Waals surface area contributed by atoms with E-state index in [2.05, 4.69) is 30.0 Å². The zero-order valence-electron chi connectivity index (χ0n) is 16.5. The number of nitrogens with zero attached hydrogens (tertiary/aromatic N) is 1. The van der Waals surface area contributed by atoms with Crippen molar-refractivity contribution in [1.29, 1.82) is 0 Å². The Morgan fingerprint density at radius 2 is 1.96 bits per heavy atom. The van der Waals surface area contributed by atoms with Crippen LogP contribution in [0.4, 0.5) is 5.69 Å². The minimum absolute atomic E-state index is 0.308. The van der Waals surface area contributed by atoms with Gasteiger partial charge in [0.05, 0.1) is 11.9 Å². The lowest BCUT2D eigenvalue weighted by Crippen LogP contribution is -2.52. The molecule has 7 nitrogen and oxygen atoms in total. The van der Waals surface area contributed by atoms with E-state index in [1.165, 1.54) is 23.4 Å². The van der Waals surface area contributed by atoms with Crippen molar-refractivity contribution < 1.29 is 13.2 Å². The molecule has 1 fully saturated rings. The Morgan fingerprint density at radius 1 is 1.21 bits per heavy atom. The van der Waals surface area contributed by atoms with Crippen LogP contribution in [0.15, 0.2) is 18.2 Å². The molecule has 3 rings (SSSR count). The first-order valence-corrected chi connectivity index (χ1v) is 11.9. The summed E-state index contributed by atoms with van der Waals surface area (Å²) < 4.78 is 25.0. The molecule has 0 spiro atoms. The number of thiocarbonyl (C=S) groups is 1. The van der Waals surface area contributed by atoms with E-state index in [1.54, 1.807) is 18.2 Å². The highest BCUT2D eigenvalue weighted by molar-refractivity contribution is 7.92. The molecular formula is C19H28N4O3S2. The summed E-state index contributed by atoms with van der Waals surface area (Å²) in [7, 11) is -3.30. The summed E-state index contributed by atoms with van der Waals surface area (Å²) in [5, 5.41) is 3.71. The third-order valence-electron chi connectivity index (χ3n) is 5.91. The fraction of sp³-hybridized carbons (Fsp3) is 0.579. The summed E-state index contributed by atoms with van der Waals surface area (Å²) in [6.07, 6.45) is 5.27. The predicted octanol–water partition coefficient (Wildman–Crippen LogP) is 1.94. The molecule has 0 bridgehead atoms. The first-order chi connectivity index (χ1) is 13.2. The van der Waals surface area contributed by atoms with Gasteiger partial charge in [-0.05, 0) is 60.7 Å². The summed E-state index contributed by atoms with van der Waals surface area (Å²) in [6, 6.07) is 5.35. The Balaban J connectivity index is 1.56. The number of fused-ring (bicyclic) bond motifs is 1. The minimum atomic E-state index is -3.30. The highest BCUT2D eigenvalue weighted by Gasteiger charge is 2.28. The van der Waals surface area contributed by atoms with Gasteiger partial charge in [0.1, 0.15) is 0 Å². The second-order valence-corrected chi connectivity index (χ2v) is 10.2. The molecule has 1 aromatic rings. The number of hydrogen-bond donors (Lipinski definition) is 3. The lowest BCUT2D eigenvalue weighted by Gasteiger charge is -2.35. The molecule has 0 unspecified atom stereocenters. The van der Waals surface area contributed by atoms with Crippen molar-refractivity contribution in [3.8, 4) is 0 Å². The highest BCUT2D eigenvalue weighted by Crippen LogP contribution is 2.31. The van der Waals surface area contributed by atoms with Crippen LogP contribution in [0.3, 0.4) is 0 Å². The lowest BCUT2D eigenvalue weighted by molar-refractivity contribution is 0.0943. The fourth-order valence-corrected chi connectivity index (χ4v) is 5.19. The first-order valence-electron chi connectivity index (χ1n) is 9.64. The number of hydrazine groups is 1. The molecule has 1 aromatic carbocycles. The molecule has 3 atom stereocenters. The molecule has 9 heteroatoms. The van der Waals surface area contributed by atoms with Crippen LogP contribution in [0.2, 0.25) is 0 Å². The highest BCUT2D eigenvalue weighted by atomic mass is 32.2. The monoisotopic (exact) mass is 424 g/mol. The molecule has 1 saturated carbocycles. The Labute approximate surface area is 172 Å². The molecule has 0 saturated heterocycles. The van der Waals surface area contributed by atoms with Gasteiger partial charge in [-0.25, -0.2) is 8.42 Å². The molecule has 1 aliphatic heterocycles. The molecule has 154 valence electrons. The van der Waals surface area contributed by atoms with Gasteiger partial charge < -0.3 is 5.32 Å². The van der Waals surface area contributed by atoms with E-state index in [-0.39, 0.29) is 5.91 Å². The molecule has 28 heavy (non-hydrogen) atoms. The lowest BCUT2D eigenvalue weighted by atomic mass is 9.78. The molecule has 0 aromatic heterocycles. The molecule has 3 N–H and O–H groups in total. The second kappa shape index (κ2) is 8.24. The van der Waals surface area contributed by atoms with E-state index in [1.807, 2.05) is 0 Å². The van der Waals surface area contributed by atoms with Crippen molar-refractivity contribution in [2.24, 2.45) is 11.8 Å². The van der Waals surface area contributed by atoms with E-state index in [0.717, 1.165) is 12.0 Å². The topological polar surface area (TPSA) is 90.5 Å². The van der Waals surface area contributed by atoms with Crippen LogP contribution in [0.5, 0.6) is 0 Å². The van der Waals surface area contributed by atoms with Crippen LogP contribution in [0, 0.1) is 11.8 Å². The van der Waals surface area contributed by atoms with Gasteiger partial charge in [-0.15, -0.1) is 0 Å². The molecule has 2 aliphatic rings. The Kier molecular flexibility index (Phi) is 6.14. The predicted molar refractivity (Wildman–Crippen MR) is 115 cm³/mol. The molecule has 0 radical (unpaired) electrons. The van der Waals surface area contributed by atoms with Crippen molar-refractivity contribution in [2.75, 3.05) is 17.1 Å². The molecule has 1 amide bonds. The molecule has 1 heterocycles. The number of amides is 1. The van der Waals surface area contributed by atoms with Crippen LogP contribution in [0.25, 0.3) is 0 Å². The van der Waals surface area contributed by atoms with E-state index in [9.17, 15) is 13.2 Å². The van der Waals surface area contributed by atoms with Crippen LogP contribution >= 0.6 is 12.2 Å². The van der Waals surface area contributed by atoms with Crippen molar-refractivity contribution >= 4 is 38.9 Å². The largest absolute Gasteiger partial charge is 0.358 e. The number of nitrogens with one attached hydrogen (secondary N) is 3. The van der Waals surface area contributed by atoms with Crippen molar-refractivity contribution in [3.63, 3.8) is 0 Å². The van der Waals surface area contributed by atoms with Gasteiger partial charge in [0.25, 0.3) is 5.91 Å². The Bertz CT molecular complexity index is 872. The minimum Gasteiger partial charge on any atom is -0.358 e. The summed E-state index contributed by atoms with van der Waals surface area (Å²) in [6.45, 7) is 4.89. The van der Waals surface area contributed by atoms with Crippen molar-refractivity contribution in [1.82, 2.24) is 16.2 Å². The van der Waals surface area contributed by atoms with Crippen LogP contribution in [-0.2, 0) is 16.4 Å². The van der Waals surface area contributed by atoms with Crippen LogP contribution in [-0.4, -0.2) is 38.3 Å². The maximum atomic E-state index is 12.4. The second-order valence-electron chi connectivity index (χ2n) is 7.86. The summed E-state index contributed by atoms with van der Waals surface area (Å²) in [4.78, 5) is 12.4. The van der Waals surface area contributed by atoms with Crippen LogP contribution < -0.4 is 20.5 Å². The van der Waals surface area contributed by atoms with Gasteiger partial charge in [-0.1, -0.05) is 26.7 Å². The average Bonchev–Trinajstić information content (AvgIpc) is 3.07. The maximum Gasteiger partial charge on any atom is 0.269 e. The summed E-state index contributed by atoms with van der Waals surface area (Å²) >= 11 is 5.32. The third-order valence-corrected chi connectivity index (χ3v) is 7.31. The summed E-state index contributed by atoms with van der Waals surface area (Å²) in [5.74, 6) is 0.870. The number of anilines is 1. The number of carbonyl (C=O) groups is 1.